The van der Waals surface area contributed by atoms with E-state index >= 15 is 0 Å². The zero-order valence-electron chi connectivity index (χ0n) is 10.4. The SMILES string of the molecule is CC(Nc1ccc(OC(F)F)c(F)c1)c1cc(Br)cs1. The predicted molar refractivity (Wildman–Crippen MR) is 77.1 cm³/mol. The molecule has 1 aromatic heterocycles. The van der Waals surface area contributed by atoms with Gasteiger partial charge in [0.25, 0.3) is 0 Å². The van der Waals surface area contributed by atoms with Crippen molar-refractivity contribution >= 4 is 33.0 Å². The van der Waals surface area contributed by atoms with Crippen LogP contribution >= 0.6 is 27.3 Å². The molecule has 2 aromatic rings. The number of rotatable bonds is 5. The van der Waals surface area contributed by atoms with Crippen LogP contribution in [0.25, 0.3) is 0 Å². The van der Waals surface area contributed by atoms with Gasteiger partial charge < -0.3 is 10.1 Å². The van der Waals surface area contributed by atoms with Gasteiger partial charge >= 0.3 is 6.61 Å². The number of halogens is 4. The molecule has 1 atom stereocenters. The van der Waals surface area contributed by atoms with Crippen molar-refractivity contribution in [1.82, 2.24) is 0 Å². The normalized spacial score (nSPS) is 12.5. The van der Waals surface area contributed by atoms with Gasteiger partial charge in [0.15, 0.2) is 11.6 Å². The third kappa shape index (κ3) is 3.89. The maximum atomic E-state index is 13.6. The first kappa shape index (κ1) is 15.2. The fourth-order valence-corrected chi connectivity index (χ4v) is 3.11. The Morgan fingerprint density at radius 1 is 1.30 bits per heavy atom. The number of hydrogen-bond donors (Lipinski definition) is 1. The molecule has 0 aliphatic heterocycles. The van der Waals surface area contributed by atoms with Gasteiger partial charge in [-0.3, -0.25) is 0 Å². The first-order valence-electron chi connectivity index (χ1n) is 5.70. The van der Waals surface area contributed by atoms with Crippen molar-refractivity contribution in [3.63, 3.8) is 0 Å². The second-order valence-corrected chi connectivity index (χ2v) is 5.92. The highest BCUT2D eigenvalue weighted by atomic mass is 79.9. The zero-order valence-corrected chi connectivity index (χ0v) is 12.8. The van der Waals surface area contributed by atoms with Crippen molar-refractivity contribution in [1.29, 1.82) is 0 Å². The van der Waals surface area contributed by atoms with Crippen LogP contribution in [-0.2, 0) is 0 Å². The minimum Gasteiger partial charge on any atom is -0.432 e. The highest BCUT2D eigenvalue weighted by Gasteiger charge is 2.12. The Morgan fingerprint density at radius 2 is 2.05 bits per heavy atom. The Hall–Kier alpha value is -1.21. The van der Waals surface area contributed by atoms with Crippen molar-refractivity contribution in [2.24, 2.45) is 0 Å². The molecule has 20 heavy (non-hydrogen) atoms. The van der Waals surface area contributed by atoms with Gasteiger partial charge in [-0.1, -0.05) is 0 Å². The topological polar surface area (TPSA) is 21.3 Å². The largest absolute Gasteiger partial charge is 0.432 e. The molecular formula is C13H11BrF3NOS. The van der Waals surface area contributed by atoms with E-state index in [9.17, 15) is 13.2 Å². The van der Waals surface area contributed by atoms with Gasteiger partial charge in [0.1, 0.15) is 0 Å². The fourth-order valence-electron chi connectivity index (χ4n) is 1.66. The summed E-state index contributed by atoms with van der Waals surface area (Å²) in [6, 6.07) is 5.76. The summed E-state index contributed by atoms with van der Waals surface area (Å²) in [5.41, 5.74) is 0.501. The van der Waals surface area contributed by atoms with Crippen LogP contribution in [0.1, 0.15) is 17.8 Å². The van der Waals surface area contributed by atoms with Crippen LogP contribution in [0.15, 0.2) is 34.1 Å². The summed E-state index contributed by atoms with van der Waals surface area (Å²) >= 11 is 4.93. The summed E-state index contributed by atoms with van der Waals surface area (Å²) < 4.78 is 42.7. The van der Waals surface area contributed by atoms with E-state index in [1.165, 1.54) is 12.1 Å². The Kier molecular flexibility index (Phi) is 4.93. The summed E-state index contributed by atoms with van der Waals surface area (Å²) in [4.78, 5) is 1.07. The maximum Gasteiger partial charge on any atom is 0.387 e. The van der Waals surface area contributed by atoms with Crippen LogP contribution < -0.4 is 10.1 Å². The Labute approximate surface area is 126 Å². The quantitative estimate of drug-likeness (QED) is 0.763. The molecule has 108 valence electrons. The molecular weight excluding hydrogens is 355 g/mol. The molecule has 0 bridgehead atoms. The number of nitrogens with one attached hydrogen (secondary N) is 1. The predicted octanol–water partition coefficient (Wildman–Crippen LogP) is 5.42. The lowest BCUT2D eigenvalue weighted by atomic mass is 10.2. The first-order valence-corrected chi connectivity index (χ1v) is 7.38. The molecule has 0 fully saturated rings. The second kappa shape index (κ2) is 6.49. The van der Waals surface area contributed by atoms with Crippen LogP contribution in [0.2, 0.25) is 0 Å². The van der Waals surface area contributed by atoms with Gasteiger partial charge in [0, 0.05) is 26.5 Å². The molecule has 0 spiro atoms. The second-order valence-electron chi connectivity index (χ2n) is 4.06. The van der Waals surface area contributed by atoms with Gasteiger partial charge in [0.05, 0.1) is 6.04 Å². The van der Waals surface area contributed by atoms with E-state index in [1.807, 2.05) is 18.4 Å². The lowest BCUT2D eigenvalue weighted by molar-refractivity contribution is -0.0521. The number of anilines is 1. The van der Waals surface area contributed by atoms with Crippen LogP contribution in [0.4, 0.5) is 18.9 Å². The molecule has 0 aliphatic carbocycles. The summed E-state index contributed by atoms with van der Waals surface area (Å²) in [6.45, 7) is -1.11. The minimum atomic E-state index is -3.04. The highest BCUT2D eigenvalue weighted by Crippen LogP contribution is 2.29. The monoisotopic (exact) mass is 365 g/mol. The molecule has 1 N–H and O–H groups in total. The summed E-state index contributed by atoms with van der Waals surface area (Å²) in [7, 11) is 0. The molecule has 1 heterocycles. The Bertz CT molecular complexity index is 591. The standard InChI is InChI=1S/C13H11BrF3NOS/c1-7(12-4-8(14)6-20-12)18-9-2-3-11(10(15)5-9)19-13(16)17/h2-7,13,18H,1H3. The van der Waals surface area contributed by atoms with E-state index in [2.05, 4.69) is 26.0 Å². The number of alkyl halides is 2. The average molecular weight is 366 g/mol. The number of hydrogen-bond acceptors (Lipinski definition) is 3. The molecule has 1 unspecified atom stereocenters. The van der Waals surface area contributed by atoms with Crippen LogP contribution in [-0.4, -0.2) is 6.61 Å². The number of thiophene rings is 1. The third-order valence-corrected chi connectivity index (χ3v) is 4.42. The van der Waals surface area contributed by atoms with E-state index < -0.39 is 18.2 Å². The smallest absolute Gasteiger partial charge is 0.387 e. The van der Waals surface area contributed by atoms with Crippen LogP contribution in [0.5, 0.6) is 5.75 Å². The van der Waals surface area contributed by atoms with Crippen LogP contribution in [0, 0.1) is 5.82 Å². The molecule has 2 nitrogen and oxygen atoms in total. The van der Waals surface area contributed by atoms with Crippen molar-refractivity contribution < 1.29 is 17.9 Å². The van der Waals surface area contributed by atoms with Crippen molar-refractivity contribution in [3.8, 4) is 5.75 Å². The number of ether oxygens (including phenoxy) is 1. The summed E-state index contributed by atoms with van der Waals surface area (Å²) in [6.07, 6.45) is 0. The van der Waals surface area contributed by atoms with Crippen molar-refractivity contribution in [3.05, 3.63) is 44.8 Å². The van der Waals surface area contributed by atoms with E-state index in [0.29, 0.717) is 5.69 Å². The van der Waals surface area contributed by atoms with E-state index in [4.69, 9.17) is 0 Å². The van der Waals surface area contributed by atoms with Crippen molar-refractivity contribution in [2.75, 3.05) is 5.32 Å². The fraction of sp³-hybridized carbons (Fsp3) is 0.231. The maximum absolute atomic E-state index is 13.6. The molecule has 7 heteroatoms. The van der Waals surface area contributed by atoms with Gasteiger partial charge in [-0.15, -0.1) is 11.3 Å². The molecule has 0 radical (unpaired) electrons. The average Bonchev–Trinajstić information content (AvgIpc) is 2.79. The molecule has 2 rings (SSSR count). The molecule has 1 aromatic carbocycles. The first-order chi connectivity index (χ1) is 9.45. The lowest BCUT2D eigenvalue weighted by Gasteiger charge is -2.14. The Morgan fingerprint density at radius 3 is 2.60 bits per heavy atom. The van der Waals surface area contributed by atoms with Crippen LogP contribution in [0.3, 0.4) is 0 Å². The van der Waals surface area contributed by atoms with Gasteiger partial charge in [-0.05, 0) is 41.1 Å². The number of benzene rings is 1. The molecule has 0 amide bonds. The van der Waals surface area contributed by atoms with E-state index in [1.54, 1.807) is 11.3 Å². The molecule has 0 aliphatic rings. The van der Waals surface area contributed by atoms with Crippen molar-refractivity contribution in [2.45, 2.75) is 19.6 Å². The molecule has 0 saturated heterocycles. The summed E-state index contributed by atoms with van der Waals surface area (Å²) in [5.74, 6) is -1.29. The van der Waals surface area contributed by atoms with E-state index in [0.717, 1.165) is 15.4 Å². The van der Waals surface area contributed by atoms with E-state index in [-0.39, 0.29) is 6.04 Å². The summed E-state index contributed by atoms with van der Waals surface area (Å²) in [5, 5.41) is 5.05. The zero-order chi connectivity index (χ0) is 14.7. The minimum absolute atomic E-state index is 0.0208. The molecule has 0 saturated carbocycles. The highest BCUT2D eigenvalue weighted by molar-refractivity contribution is 9.10. The van der Waals surface area contributed by atoms with Gasteiger partial charge in [-0.25, -0.2) is 4.39 Å². The lowest BCUT2D eigenvalue weighted by Crippen LogP contribution is -2.07. The third-order valence-electron chi connectivity index (χ3n) is 2.55. The van der Waals surface area contributed by atoms with Gasteiger partial charge in [0.2, 0.25) is 0 Å². The van der Waals surface area contributed by atoms with Gasteiger partial charge in [-0.2, -0.15) is 8.78 Å². The Balaban J connectivity index is 2.08.